The molecule has 2 atom stereocenters. The van der Waals surface area contributed by atoms with Crippen molar-refractivity contribution in [3.63, 3.8) is 0 Å². The highest BCUT2D eigenvalue weighted by Gasteiger charge is 2.39. The highest BCUT2D eigenvalue weighted by atomic mass is 19.4. The maximum atomic E-state index is 13.0. The van der Waals surface area contributed by atoms with Gasteiger partial charge in [0.25, 0.3) is 0 Å². The van der Waals surface area contributed by atoms with E-state index < -0.39 is 11.9 Å². The summed E-state index contributed by atoms with van der Waals surface area (Å²) in [5.74, 6) is 0. The SMILES string of the molecule is O=C(OCc1ccccc1)N1C2C=C(c3cccc(C(F)(F)F)n3)CC1CCC2. The molecule has 7 heteroatoms. The van der Waals surface area contributed by atoms with Gasteiger partial charge in [-0.2, -0.15) is 13.2 Å². The molecule has 0 saturated carbocycles. The van der Waals surface area contributed by atoms with Gasteiger partial charge in [-0.1, -0.05) is 42.5 Å². The van der Waals surface area contributed by atoms with Gasteiger partial charge in [0.05, 0.1) is 11.7 Å². The maximum Gasteiger partial charge on any atom is 0.433 e. The molecular formula is C22H21F3N2O2. The van der Waals surface area contributed by atoms with Gasteiger partial charge in [0.15, 0.2) is 0 Å². The Morgan fingerprint density at radius 2 is 1.90 bits per heavy atom. The molecule has 2 aliphatic rings. The normalized spacial score (nSPS) is 21.5. The average Bonchev–Trinajstić information content (AvgIpc) is 2.71. The largest absolute Gasteiger partial charge is 0.445 e. The Labute approximate surface area is 167 Å². The number of hydrogen-bond acceptors (Lipinski definition) is 3. The van der Waals surface area contributed by atoms with Crippen LogP contribution in [-0.2, 0) is 17.5 Å². The molecule has 0 aliphatic carbocycles. The van der Waals surface area contributed by atoms with E-state index in [1.54, 1.807) is 11.0 Å². The summed E-state index contributed by atoms with van der Waals surface area (Å²) in [4.78, 5) is 18.3. The van der Waals surface area contributed by atoms with E-state index >= 15 is 0 Å². The first kappa shape index (κ1) is 19.5. The van der Waals surface area contributed by atoms with Crippen molar-refractivity contribution in [2.45, 2.75) is 50.6 Å². The van der Waals surface area contributed by atoms with Gasteiger partial charge >= 0.3 is 12.3 Å². The van der Waals surface area contributed by atoms with Crippen molar-refractivity contribution in [1.82, 2.24) is 9.88 Å². The maximum absolute atomic E-state index is 13.0. The number of rotatable bonds is 3. The van der Waals surface area contributed by atoms with Gasteiger partial charge in [-0.05, 0) is 49.0 Å². The zero-order valence-corrected chi connectivity index (χ0v) is 15.7. The zero-order valence-electron chi connectivity index (χ0n) is 15.7. The first-order valence-corrected chi connectivity index (χ1v) is 9.66. The number of pyridine rings is 1. The van der Waals surface area contributed by atoms with E-state index in [9.17, 15) is 18.0 Å². The van der Waals surface area contributed by atoms with Crippen LogP contribution in [0, 0.1) is 0 Å². The van der Waals surface area contributed by atoms with Crippen LogP contribution in [0.25, 0.3) is 5.57 Å². The van der Waals surface area contributed by atoms with Crippen molar-refractivity contribution >= 4 is 11.7 Å². The third-order valence-electron chi connectivity index (χ3n) is 5.42. The molecule has 152 valence electrons. The second kappa shape index (κ2) is 7.89. The smallest absolute Gasteiger partial charge is 0.433 e. The summed E-state index contributed by atoms with van der Waals surface area (Å²) < 4.78 is 44.5. The lowest BCUT2D eigenvalue weighted by atomic mass is 9.84. The van der Waals surface area contributed by atoms with Gasteiger partial charge in [-0.3, -0.25) is 4.90 Å². The Balaban J connectivity index is 1.52. The van der Waals surface area contributed by atoms with Gasteiger partial charge in [-0.15, -0.1) is 0 Å². The lowest BCUT2D eigenvalue weighted by molar-refractivity contribution is -0.141. The molecule has 2 aromatic rings. The molecule has 1 fully saturated rings. The van der Waals surface area contributed by atoms with E-state index in [0.29, 0.717) is 12.1 Å². The van der Waals surface area contributed by atoms with Crippen LogP contribution in [0.5, 0.6) is 0 Å². The topological polar surface area (TPSA) is 42.4 Å². The second-order valence-electron chi connectivity index (χ2n) is 7.40. The van der Waals surface area contributed by atoms with Crippen LogP contribution in [0.1, 0.15) is 42.6 Å². The van der Waals surface area contributed by atoms with Gasteiger partial charge in [0.2, 0.25) is 0 Å². The van der Waals surface area contributed by atoms with Crippen LogP contribution in [-0.4, -0.2) is 28.1 Å². The predicted molar refractivity (Wildman–Crippen MR) is 102 cm³/mol. The molecule has 0 radical (unpaired) electrons. The number of ether oxygens (including phenoxy) is 1. The molecule has 1 aromatic carbocycles. The number of hydrogen-bond donors (Lipinski definition) is 0. The number of piperidine rings is 1. The van der Waals surface area contributed by atoms with E-state index in [4.69, 9.17) is 4.74 Å². The van der Waals surface area contributed by atoms with Crippen molar-refractivity contribution in [1.29, 1.82) is 0 Å². The molecule has 4 nitrogen and oxygen atoms in total. The quantitative estimate of drug-likeness (QED) is 0.686. The van der Waals surface area contributed by atoms with Gasteiger partial charge < -0.3 is 4.74 Å². The van der Waals surface area contributed by atoms with Crippen LogP contribution in [0.4, 0.5) is 18.0 Å². The van der Waals surface area contributed by atoms with E-state index in [1.807, 2.05) is 36.4 Å². The lowest BCUT2D eigenvalue weighted by Gasteiger charge is -2.44. The van der Waals surface area contributed by atoms with Crippen LogP contribution in [0.3, 0.4) is 0 Å². The molecule has 2 bridgehead atoms. The van der Waals surface area contributed by atoms with E-state index in [1.165, 1.54) is 6.07 Å². The number of halogens is 3. The number of carbonyl (C=O) groups is 1. The number of nitrogens with zero attached hydrogens (tertiary/aromatic N) is 2. The minimum Gasteiger partial charge on any atom is -0.445 e. The Bertz CT molecular complexity index is 912. The summed E-state index contributed by atoms with van der Waals surface area (Å²) >= 11 is 0. The van der Waals surface area contributed by atoms with Crippen molar-refractivity contribution < 1.29 is 22.7 Å². The van der Waals surface area contributed by atoms with Crippen molar-refractivity contribution in [2.75, 3.05) is 0 Å². The molecule has 1 amide bonds. The molecule has 1 saturated heterocycles. The third kappa shape index (κ3) is 4.28. The third-order valence-corrected chi connectivity index (χ3v) is 5.42. The van der Waals surface area contributed by atoms with Crippen LogP contribution < -0.4 is 0 Å². The highest BCUT2D eigenvalue weighted by molar-refractivity contribution is 5.73. The molecule has 4 rings (SSSR count). The van der Waals surface area contributed by atoms with E-state index in [-0.39, 0.29) is 24.8 Å². The van der Waals surface area contributed by atoms with Crippen molar-refractivity contribution in [3.05, 3.63) is 71.6 Å². The standard InChI is InChI=1S/C22H21F3N2O2/c23-22(24,25)20-11-5-10-19(26-20)16-12-17-8-4-9-18(13-16)27(17)21(28)29-14-15-6-2-1-3-7-15/h1-3,5-7,10-12,17-18H,4,8-9,13-14H2. The number of carbonyl (C=O) groups excluding carboxylic acids is 1. The summed E-state index contributed by atoms with van der Waals surface area (Å²) in [6.07, 6.45) is 0.0297. The minimum absolute atomic E-state index is 0.0895. The fourth-order valence-corrected chi connectivity index (χ4v) is 4.07. The van der Waals surface area contributed by atoms with Crippen LogP contribution >= 0.6 is 0 Å². The summed E-state index contributed by atoms with van der Waals surface area (Å²) in [6, 6.07) is 13.1. The summed E-state index contributed by atoms with van der Waals surface area (Å²) in [5.41, 5.74) is 1.10. The monoisotopic (exact) mass is 402 g/mol. The predicted octanol–water partition coefficient (Wildman–Crippen LogP) is 5.45. The number of amides is 1. The van der Waals surface area contributed by atoms with Crippen LogP contribution in [0.2, 0.25) is 0 Å². The first-order valence-electron chi connectivity index (χ1n) is 9.66. The van der Waals surface area contributed by atoms with Gasteiger partial charge in [-0.25, -0.2) is 9.78 Å². The van der Waals surface area contributed by atoms with Gasteiger partial charge in [0.1, 0.15) is 12.3 Å². The second-order valence-corrected chi connectivity index (χ2v) is 7.40. The molecule has 29 heavy (non-hydrogen) atoms. The Morgan fingerprint density at radius 1 is 1.10 bits per heavy atom. The molecule has 3 heterocycles. The number of aromatic nitrogens is 1. The van der Waals surface area contributed by atoms with Crippen LogP contribution in [0.15, 0.2) is 54.6 Å². The van der Waals surface area contributed by atoms with Gasteiger partial charge in [0, 0.05) is 6.04 Å². The Kier molecular flexibility index (Phi) is 5.30. The molecule has 0 spiro atoms. The molecule has 2 unspecified atom stereocenters. The molecule has 1 aromatic heterocycles. The van der Waals surface area contributed by atoms with E-state index in [2.05, 4.69) is 4.98 Å². The lowest BCUT2D eigenvalue weighted by Crippen LogP contribution is -2.51. The minimum atomic E-state index is -4.48. The molecule has 0 N–H and O–H groups in total. The first-order chi connectivity index (χ1) is 13.9. The highest BCUT2D eigenvalue weighted by Crippen LogP contribution is 2.38. The number of alkyl halides is 3. The van der Waals surface area contributed by atoms with Crippen molar-refractivity contribution in [3.8, 4) is 0 Å². The average molecular weight is 402 g/mol. The molecule has 2 aliphatic heterocycles. The Morgan fingerprint density at radius 3 is 2.62 bits per heavy atom. The van der Waals surface area contributed by atoms with Crippen molar-refractivity contribution in [2.24, 2.45) is 0 Å². The summed E-state index contributed by atoms with van der Waals surface area (Å²) in [5, 5.41) is 0. The zero-order chi connectivity index (χ0) is 20.4. The molecular weight excluding hydrogens is 381 g/mol. The Hall–Kier alpha value is -2.83. The summed E-state index contributed by atoms with van der Waals surface area (Å²) in [7, 11) is 0. The fourth-order valence-electron chi connectivity index (χ4n) is 4.07. The number of fused-ring (bicyclic) bond motifs is 2. The summed E-state index contributed by atoms with van der Waals surface area (Å²) in [6.45, 7) is 0.196. The van der Waals surface area contributed by atoms with E-state index in [0.717, 1.165) is 36.5 Å². The fraction of sp³-hybridized carbons (Fsp3) is 0.364. The number of benzene rings is 1.